The zero-order chi connectivity index (χ0) is 19.1. The minimum Gasteiger partial charge on any atom is -0.388 e. The van der Waals surface area contributed by atoms with Gasteiger partial charge in [0.2, 0.25) is 11.8 Å². The maximum atomic E-state index is 6.15. The Morgan fingerprint density at radius 1 is 0.964 bits per heavy atom. The molecule has 5 heterocycles. The second kappa shape index (κ2) is 7.07. The Hall–Kier alpha value is -2.65. The number of nitrogens with two attached hydrogens (primary N) is 1. The standard InChI is InChI=1S/C16H18N11.Al.2H/c17-16-23-14-11(10-21-26(14)9-8-25-6-4-18-5-7-25)15-22-13(24-27(15)16)12-19-2-1-3-20-12;;;/h1-3,10H,4-9H2,(H2,17,23);;;/q-1;+1;;. The first-order chi connectivity index (χ1) is 13.7. The summed E-state index contributed by atoms with van der Waals surface area (Å²) in [5, 5.41) is 9.75. The van der Waals surface area contributed by atoms with Gasteiger partial charge in [0.1, 0.15) is 0 Å². The van der Waals surface area contributed by atoms with Crippen LogP contribution in [0.25, 0.3) is 28.3 Å². The number of nitrogens with zero attached hydrogens (tertiary/aromatic N) is 10. The topological polar surface area (TPSA) is 119 Å². The predicted octanol–water partition coefficient (Wildman–Crippen LogP) is -1.32. The van der Waals surface area contributed by atoms with Crippen molar-refractivity contribution in [1.29, 1.82) is 0 Å². The van der Waals surface area contributed by atoms with E-state index in [0.717, 1.165) is 66.8 Å². The van der Waals surface area contributed by atoms with E-state index in [1.54, 1.807) is 24.7 Å². The highest BCUT2D eigenvalue weighted by Crippen LogP contribution is 2.21. The van der Waals surface area contributed by atoms with Crippen LogP contribution in [-0.2, 0) is 6.54 Å². The van der Waals surface area contributed by atoms with E-state index < -0.39 is 0 Å². The molecule has 0 aliphatic carbocycles. The van der Waals surface area contributed by atoms with Crippen LogP contribution in [0.5, 0.6) is 0 Å². The molecule has 0 saturated carbocycles. The monoisotopic (exact) mass is 393 g/mol. The first-order valence-electron chi connectivity index (χ1n) is 9.25. The van der Waals surface area contributed by atoms with E-state index in [9.17, 15) is 0 Å². The number of aromatic nitrogens is 8. The molecule has 0 radical (unpaired) electrons. The maximum Gasteiger partial charge on any atom is 0.321 e. The molecule has 0 aromatic carbocycles. The van der Waals surface area contributed by atoms with Gasteiger partial charge < -0.3 is 9.62 Å². The molecular formula is C16H20AlN11. The molecule has 0 atom stereocenters. The summed E-state index contributed by atoms with van der Waals surface area (Å²) >= 11 is 1.14. The number of hydrogen-bond acceptors (Lipinski definition) is 9. The third-order valence-electron chi connectivity index (χ3n) is 5.09. The van der Waals surface area contributed by atoms with E-state index in [1.165, 1.54) is 4.52 Å². The van der Waals surface area contributed by atoms with Crippen LogP contribution >= 0.6 is 0 Å². The average Bonchev–Trinajstić information content (AvgIpc) is 3.33. The van der Waals surface area contributed by atoms with Crippen molar-refractivity contribution in [3.05, 3.63) is 24.7 Å². The molecule has 0 spiro atoms. The quantitative estimate of drug-likeness (QED) is 0.421. The molecule has 142 valence electrons. The molecule has 0 unspecified atom stereocenters. The van der Waals surface area contributed by atoms with Crippen molar-refractivity contribution in [3.63, 3.8) is 0 Å². The fraction of sp³-hybridized carbons (Fsp3) is 0.375. The van der Waals surface area contributed by atoms with Crippen molar-refractivity contribution < 1.29 is 0 Å². The van der Waals surface area contributed by atoms with E-state index >= 15 is 0 Å². The van der Waals surface area contributed by atoms with Gasteiger partial charge in [-0.2, -0.15) is 14.6 Å². The van der Waals surface area contributed by atoms with E-state index in [1.807, 2.05) is 4.68 Å². The average molecular weight is 393 g/mol. The van der Waals surface area contributed by atoms with Crippen LogP contribution in [0.4, 0.5) is 5.95 Å². The van der Waals surface area contributed by atoms with Crippen LogP contribution < -0.4 is 5.73 Å². The highest BCUT2D eigenvalue weighted by molar-refractivity contribution is 6.04. The van der Waals surface area contributed by atoms with Crippen LogP contribution in [0.3, 0.4) is 0 Å². The summed E-state index contributed by atoms with van der Waals surface area (Å²) < 4.78 is 5.90. The van der Waals surface area contributed by atoms with Crippen molar-refractivity contribution >= 4 is 39.1 Å². The van der Waals surface area contributed by atoms with Gasteiger partial charge in [-0.3, -0.25) is 4.90 Å². The second-order valence-electron chi connectivity index (χ2n) is 6.96. The number of anilines is 1. The molecular weight excluding hydrogens is 373 g/mol. The van der Waals surface area contributed by atoms with Crippen LogP contribution in [0.15, 0.2) is 24.7 Å². The summed E-state index contributed by atoms with van der Waals surface area (Å²) in [5.41, 5.74) is 7.48. The molecule has 1 fully saturated rings. The van der Waals surface area contributed by atoms with Crippen molar-refractivity contribution in [2.75, 3.05) is 38.5 Å². The normalized spacial score (nSPS) is 16.3. The molecule has 11 nitrogen and oxygen atoms in total. The molecule has 12 heteroatoms. The lowest BCUT2D eigenvalue weighted by Gasteiger charge is -2.33. The van der Waals surface area contributed by atoms with E-state index in [-0.39, 0.29) is 5.95 Å². The Balaban J connectivity index is 1.47. The Morgan fingerprint density at radius 3 is 2.54 bits per heavy atom. The third kappa shape index (κ3) is 3.10. The van der Waals surface area contributed by atoms with Crippen molar-refractivity contribution in [2.45, 2.75) is 6.54 Å². The predicted molar refractivity (Wildman–Crippen MR) is 106 cm³/mol. The highest BCUT2D eigenvalue weighted by Gasteiger charge is 2.18. The molecule has 4 aromatic rings. The van der Waals surface area contributed by atoms with Gasteiger partial charge in [-0.15, -0.1) is 5.10 Å². The van der Waals surface area contributed by atoms with Gasteiger partial charge in [-0.1, -0.05) is 0 Å². The summed E-state index contributed by atoms with van der Waals surface area (Å²) in [6, 6.07) is 1.75. The Bertz CT molecular complexity index is 1110. The number of nitrogen functional groups attached to an aromatic ring is 1. The Kier molecular flexibility index (Phi) is 4.40. The van der Waals surface area contributed by atoms with Crippen LogP contribution in [-0.4, -0.2) is 97.3 Å². The Labute approximate surface area is 168 Å². The van der Waals surface area contributed by atoms with Gasteiger partial charge in [0.05, 0.1) is 18.1 Å². The fourth-order valence-corrected chi connectivity index (χ4v) is 3.84. The van der Waals surface area contributed by atoms with Gasteiger partial charge in [-0.05, 0) is 19.2 Å². The lowest BCUT2D eigenvalue weighted by atomic mass is 10.3. The number of rotatable bonds is 4. The maximum absolute atomic E-state index is 6.15. The van der Waals surface area contributed by atoms with Crippen molar-refractivity contribution in [3.8, 4) is 11.6 Å². The van der Waals surface area contributed by atoms with Gasteiger partial charge in [-0.25, -0.2) is 19.6 Å². The zero-order valence-corrected chi connectivity index (χ0v) is 17.6. The molecule has 28 heavy (non-hydrogen) atoms. The van der Waals surface area contributed by atoms with Gasteiger partial charge in [0.15, 0.2) is 17.1 Å². The fourth-order valence-electron chi connectivity index (χ4n) is 3.44. The molecule has 0 amide bonds. The lowest BCUT2D eigenvalue weighted by Crippen LogP contribution is -2.46. The third-order valence-corrected chi connectivity index (χ3v) is 5.98. The molecule has 5 rings (SSSR count). The summed E-state index contributed by atoms with van der Waals surface area (Å²) in [6.07, 6.45) is 5.09. The first kappa shape index (κ1) is 17.5. The van der Waals surface area contributed by atoms with Crippen molar-refractivity contribution in [2.24, 2.45) is 0 Å². The van der Waals surface area contributed by atoms with Crippen LogP contribution in [0, 0.1) is 0 Å². The molecule has 1 aliphatic rings. The van der Waals surface area contributed by atoms with E-state index in [2.05, 4.69) is 38.9 Å². The zero-order valence-electron chi connectivity index (χ0n) is 15.6. The van der Waals surface area contributed by atoms with E-state index in [0.29, 0.717) is 17.3 Å². The Morgan fingerprint density at radius 2 is 1.75 bits per heavy atom. The highest BCUT2D eigenvalue weighted by atomic mass is 27.1. The van der Waals surface area contributed by atoms with E-state index in [4.69, 9.17) is 5.73 Å². The lowest BCUT2D eigenvalue weighted by molar-refractivity contribution is 0.184. The minimum atomic E-state index is 0.267. The number of piperazine rings is 1. The summed E-state index contributed by atoms with van der Waals surface area (Å²) in [5.74, 6) is 1.13. The number of hydrogen-bond donors (Lipinski definition) is 1. The van der Waals surface area contributed by atoms with Crippen LogP contribution in [0.2, 0.25) is 0 Å². The SMILES string of the molecule is Nc1nc2c(cnn2CCN2CC[N]([AlH2])CC2)c2nc(-c3ncccn3)nn12. The largest absolute Gasteiger partial charge is 0.388 e. The summed E-state index contributed by atoms with van der Waals surface area (Å²) in [6.45, 7) is 6.22. The second-order valence-corrected chi connectivity index (χ2v) is 8.23. The summed E-state index contributed by atoms with van der Waals surface area (Å²) in [4.78, 5) is 20.0. The molecule has 1 saturated heterocycles. The van der Waals surface area contributed by atoms with Gasteiger partial charge >= 0.3 is 16.5 Å². The molecule has 4 aromatic heterocycles. The van der Waals surface area contributed by atoms with Gasteiger partial charge in [0, 0.05) is 32.0 Å². The molecule has 0 bridgehead atoms. The van der Waals surface area contributed by atoms with Gasteiger partial charge in [0.25, 0.3) is 0 Å². The van der Waals surface area contributed by atoms with Crippen LogP contribution in [0.1, 0.15) is 0 Å². The van der Waals surface area contributed by atoms with Crippen molar-refractivity contribution in [1.82, 2.24) is 48.1 Å². The summed E-state index contributed by atoms with van der Waals surface area (Å²) in [7, 11) is 0. The molecule has 2 N–H and O–H groups in total. The molecule has 1 aliphatic heterocycles. The first-order valence-corrected chi connectivity index (χ1v) is 10.1. The minimum absolute atomic E-state index is 0.267. The number of fused-ring (bicyclic) bond motifs is 3. The smallest absolute Gasteiger partial charge is 0.321 e.